The topological polar surface area (TPSA) is 51.0 Å². The van der Waals surface area contributed by atoms with Crippen molar-refractivity contribution in [2.75, 3.05) is 5.32 Å². The second-order valence-corrected chi connectivity index (χ2v) is 5.75. The lowest BCUT2D eigenvalue weighted by Crippen LogP contribution is -2.25. The van der Waals surface area contributed by atoms with Gasteiger partial charge in [0.1, 0.15) is 0 Å². The van der Waals surface area contributed by atoms with Crippen LogP contribution in [-0.2, 0) is 0 Å². The van der Waals surface area contributed by atoms with Gasteiger partial charge in [0.2, 0.25) is 12.3 Å². The molecule has 2 aliphatic rings. The first-order valence-electron chi connectivity index (χ1n) is 7.01. The molecule has 2 aromatic rings. The Morgan fingerprint density at radius 1 is 1.11 bits per heavy atom. The zero-order chi connectivity index (χ0) is 12.7. The zero-order valence-corrected chi connectivity index (χ0v) is 10.7. The van der Waals surface area contributed by atoms with Crippen LogP contribution in [-0.4, -0.2) is 16.2 Å². The van der Waals surface area contributed by atoms with E-state index in [2.05, 4.69) is 27.6 Å². The minimum atomic E-state index is 0.575. The van der Waals surface area contributed by atoms with Crippen molar-refractivity contribution in [1.82, 2.24) is 10.2 Å². The van der Waals surface area contributed by atoms with E-state index in [1.54, 1.807) is 0 Å². The Morgan fingerprint density at radius 3 is 2.63 bits per heavy atom. The highest BCUT2D eigenvalue weighted by Gasteiger charge is 2.39. The molecule has 3 unspecified atom stereocenters. The van der Waals surface area contributed by atoms with Gasteiger partial charge < -0.3 is 9.73 Å². The van der Waals surface area contributed by atoms with E-state index >= 15 is 0 Å². The number of nitrogens with one attached hydrogen (secondary N) is 1. The molecule has 0 amide bonds. The number of benzene rings is 1. The molecule has 2 aliphatic carbocycles. The van der Waals surface area contributed by atoms with Gasteiger partial charge in [-0.3, -0.25) is 0 Å². The second kappa shape index (κ2) is 4.37. The van der Waals surface area contributed by atoms with Crippen LogP contribution >= 0.6 is 0 Å². The molecular formula is C15H17N3O. The highest BCUT2D eigenvalue weighted by atomic mass is 16.4. The van der Waals surface area contributed by atoms with E-state index in [-0.39, 0.29) is 0 Å². The maximum absolute atomic E-state index is 5.19. The molecule has 19 heavy (non-hydrogen) atoms. The van der Waals surface area contributed by atoms with Crippen molar-refractivity contribution in [2.45, 2.75) is 31.7 Å². The predicted molar refractivity (Wildman–Crippen MR) is 72.6 cm³/mol. The molecule has 0 spiro atoms. The molecular weight excluding hydrogens is 238 g/mol. The van der Waals surface area contributed by atoms with E-state index in [1.165, 1.54) is 37.8 Å². The van der Waals surface area contributed by atoms with Gasteiger partial charge in [0.05, 0.1) is 0 Å². The van der Waals surface area contributed by atoms with Crippen LogP contribution in [0.25, 0.3) is 11.5 Å². The van der Waals surface area contributed by atoms with E-state index in [4.69, 9.17) is 4.42 Å². The summed E-state index contributed by atoms with van der Waals surface area (Å²) in [4.78, 5) is 0. The SMILES string of the molecule is c1nnc(-c2ccc(NC3CC4CCC3C4)cc2)o1. The fraction of sp³-hybridized carbons (Fsp3) is 0.467. The van der Waals surface area contributed by atoms with Crippen molar-refractivity contribution >= 4 is 5.69 Å². The number of hydrogen-bond donors (Lipinski definition) is 1. The molecule has 3 atom stereocenters. The predicted octanol–water partition coefficient (Wildman–Crippen LogP) is 3.34. The Bertz CT molecular complexity index is 549. The number of hydrogen-bond acceptors (Lipinski definition) is 4. The molecule has 1 aromatic carbocycles. The first-order valence-corrected chi connectivity index (χ1v) is 7.01. The van der Waals surface area contributed by atoms with Crippen LogP contribution in [0.3, 0.4) is 0 Å². The molecule has 1 heterocycles. The molecule has 2 bridgehead atoms. The lowest BCUT2D eigenvalue weighted by molar-refractivity contribution is 0.440. The lowest BCUT2D eigenvalue weighted by atomic mass is 9.95. The minimum Gasteiger partial charge on any atom is -0.423 e. The van der Waals surface area contributed by atoms with E-state index < -0.39 is 0 Å². The largest absolute Gasteiger partial charge is 0.423 e. The van der Waals surface area contributed by atoms with Gasteiger partial charge in [-0.1, -0.05) is 6.42 Å². The van der Waals surface area contributed by atoms with E-state index in [0.717, 1.165) is 17.4 Å². The second-order valence-electron chi connectivity index (χ2n) is 5.75. The Hall–Kier alpha value is -1.84. The van der Waals surface area contributed by atoms with Crippen molar-refractivity contribution in [3.63, 3.8) is 0 Å². The van der Waals surface area contributed by atoms with E-state index in [1.807, 2.05) is 12.1 Å². The zero-order valence-electron chi connectivity index (χ0n) is 10.7. The van der Waals surface area contributed by atoms with E-state index in [9.17, 15) is 0 Å². The van der Waals surface area contributed by atoms with Crippen LogP contribution in [0.1, 0.15) is 25.7 Å². The summed E-state index contributed by atoms with van der Waals surface area (Å²) in [5.41, 5.74) is 2.16. The fourth-order valence-electron chi connectivity index (χ4n) is 3.64. The third-order valence-corrected chi connectivity index (χ3v) is 4.58. The van der Waals surface area contributed by atoms with Crippen LogP contribution in [0.15, 0.2) is 35.1 Å². The third-order valence-electron chi connectivity index (χ3n) is 4.58. The molecule has 0 aliphatic heterocycles. The summed E-state index contributed by atoms with van der Waals surface area (Å²) in [6.07, 6.45) is 6.98. The summed E-state index contributed by atoms with van der Waals surface area (Å²) in [6.45, 7) is 0. The molecule has 4 rings (SSSR count). The van der Waals surface area contributed by atoms with Crippen molar-refractivity contribution in [1.29, 1.82) is 0 Å². The summed E-state index contributed by atoms with van der Waals surface area (Å²) < 4.78 is 5.19. The van der Waals surface area contributed by atoms with Crippen molar-refractivity contribution in [3.05, 3.63) is 30.7 Å². The summed E-state index contributed by atoms with van der Waals surface area (Å²) in [5.74, 6) is 2.44. The Kier molecular flexibility index (Phi) is 2.53. The highest BCUT2D eigenvalue weighted by molar-refractivity contribution is 5.58. The van der Waals surface area contributed by atoms with Gasteiger partial charge in [-0.15, -0.1) is 10.2 Å². The normalized spacial score (nSPS) is 28.7. The Morgan fingerprint density at radius 2 is 2.00 bits per heavy atom. The Balaban J connectivity index is 1.48. The number of rotatable bonds is 3. The first kappa shape index (κ1) is 11.0. The third kappa shape index (κ3) is 2.01. The molecule has 4 heteroatoms. The highest BCUT2D eigenvalue weighted by Crippen LogP contribution is 2.45. The quantitative estimate of drug-likeness (QED) is 0.914. The minimum absolute atomic E-state index is 0.575. The molecule has 0 radical (unpaired) electrons. The average molecular weight is 255 g/mol. The van der Waals surface area contributed by atoms with E-state index in [0.29, 0.717) is 11.9 Å². The average Bonchev–Trinajstić information content (AvgIpc) is 3.17. The summed E-state index contributed by atoms with van der Waals surface area (Å²) in [5, 5.41) is 11.3. The maximum atomic E-state index is 5.19. The maximum Gasteiger partial charge on any atom is 0.247 e. The van der Waals surface area contributed by atoms with Gasteiger partial charge in [-0.25, -0.2) is 0 Å². The number of nitrogens with zero attached hydrogens (tertiary/aromatic N) is 2. The molecule has 2 fully saturated rings. The molecule has 2 saturated carbocycles. The Labute approximate surface area is 112 Å². The van der Waals surface area contributed by atoms with Crippen LogP contribution < -0.4 is 5.32 Å². The van der Waals surface area contributed by atoms with Crippen LogP contribution in [0.2, 0.25) is 0 Å². The van der Waals surface area contributed by atoms with Crippen molar-refractivity contribution in [3.8, 4) is 11.5 Å². The van der Waals surface area contributed by atoms with Crippen LogP contribution in [0.4, 0.5) is 5.69 Å². The monoisotopic (exact) mass is 255 g/mol. The van der Waals surface area contributed by atoms with Gasteiger partial charge in [0.15, 0.2) is 0 Å². The van der Waals surface area contributed by atoms with Crippen molar-refractivity contribution in [2.24, 2.45) is 11.8 Å². The van der Waals surface area contributed by atoms with Gasteiger partial charge in [0, 0.05) is 17.3 Å². The molecule has 1 aromatic heterocycles. The molecule has 1 N–H and O–H groups in total. The summed E-state index contributed by atoms with van der Waals surface area (Å²) in [7, 11) is 0. The lowest BCUT2D eigenvalue weighted by Gasteiger charge is -2.24. The van der Waals surface area contributed by atoms with Crippen LogP contribution in [0.5, 0.6) is 0 Å². The first-order chi connectivity index (χ1) is 9.38. The molecule has 98 valence electrons. The molecule has 4 nitrogen and oxygen atoms in total. The number of aromatic nitrogens is 2. The molecule has 0 saturated heterocycles. The van der Waals surface area contributed by atoms with Gasteiger partial charge >= 0.3 is 0 Å². The van der Waals surface area contributed by atoms with Crippen molar-refractivity contribution < 1.29 is 4.42 Å². The number of anilines is 1. The summed E-state index contributed by atoms with van der Waals surface area (Å²) >= 11 is 0. The smallest absolute Gasteiger partial charge is 0.247 e. The number of fused-ring (bicyclic) bond motifs is 2. The van der Waals surface area contributed by atoms with Crippen LogP contribution in [0, 0.1) is 11.8 Å². The summed E-state index contributed by atoms with van der Waals surface area (Å²) in [6, 6.07) is 8.94. The van der Waals surface area contributed by atoms with Gasteiger partial charge in [-0.05, 0) is 55.4 Å². The standard InChI is InChI=1S/C15H17N3O/c1-2-12-7-10(1)8-14(12)17-13-5-3-11(4-6-13)15-18-16-9-19-15/h3-6,9-10,12,14,17H,1-2,7-8H2. The fourth-order valence-corrected chi connectivity index (χ4v) is 3.64. The van der Waals surface area contributed by atoms with Gasteiger partial charge in [-0.2, -0.15) is 0 Å². The van der Waals surface area contributed by atoms with Gasteiger partial charge in [0.25, 0.3) is 0 Å².